The van der Waals surface area contributed by atoms with Gasteiger partial charge in [-0.1, -0.05) is 30.3 Å². The van der Waals surface area contributed by atoms with Crippen molar-refractivity contribution in [3.05, 3.63) is 72.7 Å². The molecule has 2 saturated heterocycles. The third-order valence-electron chi connectivity index (χ3n) is 7.23. The molecule has 2 aromatic heterocycles. The van der Waals surface area contributed by atoms with Crippen molar-refractivity contribution in [1.82, 2.24) is 20.3 Å². The Morgan fingerprint density at radius 2 is 1.86 bits per heavy atom. The number of piperazine rings is 1. The Morgan fingerprint density at radius 3 is 2.68 bits per heavy atom. The summed E-state index contributed by atoms with van der Waals surface area (Å²) < 4.78 is 27.4. The van der Waals surface area contributed by atoms with Crippen LogP contribution in [0.3, 0.4) is 0 Å². The van der Waals surface area contributed by atoms with E-state index in [1.54, 1.807) is 18.2 Å². The van der Waals surface area contributed by atoms with Gasteiger partial charge in [0.2, 0.25) is 5.89 Å². The lowest BCUT2D eigenvalue weighted by Crippen LogP contribution is -2.51. The van der Waals surface area contributed by atoms with Gasteiger partial charge < -0.3 is 24.5 Å². The average Bonchev–Trinajstić information content (AvgIpc) is 3.56. The van der Waals surface area contributed by atoms with Gasteiger partial charge in [-0.3, -0.25) is 0 Å². The van der Waals surface area contributed by atoms with Crippen LogP contribution in [0.5, 0.6) is 11.8 Å². The molecule has 7 rings (SSSR count). The standard InChI is InChI=1S/C28H24FN5O3/c29-25-21(23-12-19(35)11-16-3-1-2-4-20(16)23)7-8-22-26(25)32-28(37-15-24-30-9-10-36-24)33-27(22)34-13-17-5-6-18(14-34)31-17/h1-4,7-12,17-18,31,35H,5-6,13-15H2/t17-,18+. The highest BCUT2D eigenvalue weighted by atomic mass is 19.1. The van der Waals surface area contributed by atoms with Crippen molar-refractivity contribution in [2.45, 2.75) is 31.5 Å². The Morgan fingerprint density at radius 1 is 1.03 bits per heavy atom. The molecule has 2 atom stereocenters. The van der Waals surface area contributed by atoms with Crippen molar-refractivity contribution < 1.29 is 18.7 Å². The second-order valence-corrected chi connectivity index (χ2v) is 9.62. The molecular formula is C28H24FN5O3. The summed E-state index contributed by atoms with van der Waals surface area (Å²) in [6.07, 6.45) is 5.22. The zero-order chi connectivity index (χ0) is 24.9. The molecule has 5 aromatic rings. The molecule has 0 radical (unpaired) electrons. The molecule has 0 unspecified atom stereocenters. The molecule has 186 valence electrons. The lowest BCUT2D eigenvalue weighted by molar-refractivity contribution is 0.244. The molecule has 37 heavy (non-hydrogen) atoms. The number of anilines is 1. The van der Waals surface area contributed by atoms with Gasteiger partial charge in [0.25, 0.3) is 0 Å². The van der Waals surface area contributed by atoms with Crippen LogP contribution in [0.25, 0.3) is 32.8 Å². The van der Waals surface area contributed by atoms with Crippen molar-refractivity contribution in [2.24, 2.45) is 0 Å². The fourth-order valence-electron chi connectivity index (χ4n) is 5.58. The number of nitrogens with one attached hydrogen (secondary N) is 1. The highest BCUT2D eigenvalue weighted by Gasteiger charge is 2.34. The van der Waals surface area contributed by atoms with Gasteiger partial charge in [0.1, 0.15) is 23.3 Å². The third-order valence-corrected chi connectivity index (χ3v) is 7.23. The second-order valence-electron chi connectivity index (χ2n) is 9.62. The molecule has 8 nitrogen and oxygen atoms in total. The van der Waals surface area contributed by atoms with E-state index in [-0.39, 0.29) is 23.9 Å². The molecule has 0 saturated carbocycles. The van der Waals surface area contributed by atoms with Crippen molar-refractivity contribution in [3.8, 4) is 22.9 Å². The number of nitrogens with zero attached hydrogens (tertiary/aromatic N) is 4. The Kier molecular flexibility index (Phi) is 5.17. The summed E-state index contributed by atoms with van der Waals surface area (Å²) >= 11 is 0. The van der Waals surface area contributed by atoms with Crippen molar-refractivity contribution in [3.63, 3.8) is 0 Å². The maximum atomic E-state index is 16.3. The van der Waals surface area contributed by atoms with Gasteiger partial charge in [0.15, 0.2) is 12.4 Å². The summed E-state index contributed by atoms with van der Waals surface area (Å²) in [4.78, 5) is 15.5. The highest BCUT2D eigenvalue weighted by Crippen LogP contribution is 2.39. The number of oxazole rings is 1. The highest BCUT2D eigenvalue weighted by molar-refractivity contribution is 6.01. The van der Waals surface area contributed by atoms with Gasteiger partial charge in [-0.05, 0) is 47.4 Å². The summed E-state index contributed by atoms with van der Waals surface area (Å²) in [5.41, 5.74) is 1.11. The van der Waals surface area contributed by atoms with Crippen LogP contribution in [-0.2, 0) is 6.61 Å². The summed E-state index contributed by atoms with van der Waals surface area (Å²) in [5.74, 6) is 0.613. The molecule has 2 bridgehead atoms. The Labute approximate surface area is 211 Å². The number of ether oxygens (including phenoxy) is 1. The number of benzene rings is 3. The number of aromatic nitrogens is 3. The summed E-state index contributed by atoms with van der Waals surface area (Å²) in [5, 5.41) is 16.3. The van der Waals surface area contributed by atoms with E-state index in [0.717, 1.165) is 36.7 Å². The Balaban J connectivity index is 1.39. The SMILES string of the molecule is Oc1cc(-c2ccc3c(N4C[C@H]5CC[C@@H](C4)N5)nc(OCc4ncco4)nc3c2F)c2ccccc2c1. The smallest absolute Gasteiger partial charge is 0.319 e. The van der Waals surface area contributed by atoms with Crippen LogP contribution >= 0.6 is 0 Å². The molecule has 0 amide bonds. The minimum atomic E-state index is -0.490. The number of hydrogen-bond donors (Lipinski definition) is 2. The van der Waals surface area contributed by atoms with E-state index < -0.39 is 5.82 Å². The molecule has 2 aliphatic heterocycles. The topological polar surface area (TPSA) is 96.5 Å². The lowest BCUT2D eigenvalue weighted by Gasteiger charge is -2.34. The molecular weight excluding hydrogens is 473 g/mol. The van der Waals surface area contributed by atoms with E-state index in [1.807, 2.05) is 30.3 Å². The minimum Gasteiger partial charge on any atom is -0.508 e. The molecule has 2 aliphatic rings. The maximum absolute atomic E-state index is 16.3. The zero-order valence-electron chi connectivity index (χ0n) is 19.9. The zero-order valence-corrected chi connectivity index (χ0v) is 19.9. The third kappa shape index (κ3) is 3.92. The van der Waals surface area contributed by atoms with Crippen LogP contribution < -0.4 is 15.0 Å². The van der Waals surface area contributed by atoms with Crippen LogP contribution in [0.1, 0.15) is 18.7 Å². The van der Waals surface area contributed by atoms with Gasteiger partial charge in [-0.2, -0.15) is 9.97 Å². The fourth-order valence-corrected chi connectivity index (χ4v) is 5.58. The number of hydrogen-bond acceptors (Lipinski definition) is 8. The van der Waals surface area contributed by atoms with Crippen molar-refractivity contribution in [2.75, 3.05) is 18.0 Å². The normalized spacial score (nSPS) is 19.1. The van der Waals surface area contributed by atoms with E-state index in [0.29, 0.717) is 40.3 Å². The first kappa shape index (κ1) is 22.0. The van der Waals surface area contributed by atoms with Crippen molar-refractivity contribution >= 4 is 27.5 Å². The molecule has 2 fully saturated rings. The van der Waals surface area contributed by atoms with Gasteiger partial charge in [-0.25, -0.2) is 9.37 Å². The van der Waals surface area contributed by atoms with Crippen molar-refractivity contribution in [1.29, 1.82) is 0 Å². The molecule has 0 aliphatic carbocycles. The van der Waals surface area contributed by atoms with Gasteiger partial charge >= 0.3 is 6.01 Å². The number of phenolic OH excluding ortho intramolecular Hbond substituents is 1. The first-order valence-electron chi connectivity index (χ1n) is 12.4. The van der Waals surface area contributed by atoms with Crippen LogP contribution in [0.2, 0.25) is 0 Å². The quantitative estimate of drug-likeness (QED) is 0.357. The average molecular weight is 498 g/mol. The molecule has 0 spiro atoms. The summed E-state index contributed by atoms with van der Waals surface area (Å²) in [6, 6.07) is 15.3. The molecule has 4 heterocycles. The molecule has 9 heteroatoms. The van der Waals surface area contributed by atoms with E-state index in [9.17, 15) is 5.11 Å². The predicted octanol–water partition coefficient (Wildman–Crippen LogP) is 4.80. The van der Waals surface area contributed by atoms with Gasteiger partial charge in [-0.15, -0.1) is 0 Å². The van der Waals surface area contributed by atoms with E-state index >= 15 is 4.39 Å². The largest absolute Gasteiger partial charge is 0.508 e. The maximum Gasteiger partial charge on any atom is 0.319 e. The summed E-state index contributed by atoms with van der Waals surface area (Å²) in [6.45, 7) is 1.59. The number of rotatable bonds is 5. The Hall–Kier alpha value is -4.24. The molecule has 2 N–H and O–H groups in total. The van der Waals surface area contributed by atoms with Crippen LogP contribution in [0.15, 0.2) is 65.4 Å². The van der Waals surface area contributed by atoms with Gasteiger partial charge in [0.05, 0.1) is 6.20 Å². The first-order chi connectivity index (χ1) is 18.1. The number of phenols is 1. The van der Waals surface area contributed by atoms with E-state index in [1.165, 1.54) is 12.5 Å². The first-order valence-corrected chi connectivity index (χ1v) is 12.4. The minimum absolute atomic E-state index is 0.0310. The number of aromatic hydroxyl groups is 1. The van der Waals surface area contributed by atoms with Crippen LogP contribution in [0, 0.1) is 5.82 Å². The Bertz CT molecular complexity index is 1610. The van der Waals surface area contributed by atoms with E-state index in [2.05, 4.69) is 20.2 Å². The fraction of sp³-hybridized carbons (Fsp3) is 0.250. The van der Waals surface area contributed by atoms with Gasteiger partial charge in [0, 0.05) is 36.1 Å². The number of fused-ring (bicyclic) bond motifs is 4. The lowest BCUT2D eigenvalue weighted by atomic mass is 9.96. The van der Waals surface area contributed by atoms with E-state index in [4.69, 9.17) is 14.1 Å². The second kappa shape index (κ2) is 8.70. The number of halogens is 1. The van der Waals surface area contributed by atoms with Crippen LogP contribution in [-0.4, -0.2) is 45.2 Å². The molecule has 3 aromatic carbocycles. The predicted molar refractivity (Wildman–Crippen MR) is 137 cm³/mol. The summed E-state index contributed by atoms with van der Waals surface area (Å²) in [7, 11) is 0. The van der Waals surface area contributed by atoms with Crippen LogP contribution in [0.4, 0.5) is 10.2 Å². The monoisotopic (exact) mass is 497 g/mol.